The highest BCUT2D eigenvalue weighted by Crippen LogP contribution is 2.32. The fourth-order valence-electron chi connectivity index (χ4n) is 2.90. The molecular formula is C23H34Cl2N2O2S. The van der Waals surface area contributed by atoms with Gasteiger partial charge in [0, 0.05) is 39.4 Å². The topological polar surface area (TPSA) is 41.6 Å². The molecule has 1 aliphatic heterocycles. The van der Waals surface area contributed by atoms with Crippen LogP contribution in [0.15, 0.2) is 30.3 Å². The molecule has 2 heterocycles. The molecule has 1 aliphatic rings. The Bertz CT molecular complexity index is 726. The van der Waals surface area contributed by atoms with Gasteiger partial charge in [0.25, 0.3) is 0 Å². The number of benzene rings is 1. The zero-order valence-electron chi connectivity index (χ0n) is 18.5. The van der Waals surface area contributed by atoms with Gasteiger partial charge in [-0.3, -0.25) is 9.69 Å². The van der Waals surface area contributed by atoms with Crippen molar-refractivity contribution >= 4 is 40.4 Å². The van der Waals surface area contributed by atoms with Gasteiger partial charge < -0.3 is 10.1 Å². The van der Waals surface area contributed by atoms with Gasteiger partial charge in [0.15, 0.2) is 0 Å². The lowest BCUT2D eigenvalue weighted by molar-refractivity contribution is -0.120. The molecule has 1 aromatic heterocycles. The van der Waals surface area contributed by atoms with Crippen LogP contribution in [0.4, 0.5) is 0 Å². The Balaban J connectivity index is 0.00000106. The van der Waals surface area contributed by atoms with E-state index in [0.29, 0.717) is 23.0 Å². The molecule has 1 saturated heterocycles. The molecule has 2 aromatic rings. The normalized spacial score (nSPS) is 13.5. The fourth-order valence-corrected chi connectivity index (χ4v) is 4.42. The van der Waals surface area contributed by atoms with E-state index in [0.717, 1.165) is 54.6 Å². The number of carbonyl (C=O) groups excluding carboxylic acids is 1. The SMILES string of the molecule is CC.CC.O=C(Cc1ccc(-c2cc(Cl)cc(Cl)c2)s1)NCCCN1CCOCC1. The highest BCUT2D eigenvalue weighted by Gasteiger charge is 2.11. The molecule has 0 bridgehead atoms. The van der Waals surface area contributed by atoms with Crippen molar-refractivity contribution in [1.29, 1.82) is 0 Å². The van der Waals surface area contributed by atoms with Gasteiger partial charge in [0.2, 0.25) is 5.91 Å². The maximum Gasteiger partial charge on any atom is 0.225 e. The third kappa shape index (κ3) is 9.80. The number of rotatable bonds is 7. The standard InChI is InChI=1S/C19H22Cl2N2O2S.2C2H6/c20-15-10-14(11-16(21)12-15)18-3-2-17(26-18)13-19(24)22-4-1-5-23-6-8-25-9-7-23;2*1-2/h2-3,10-12H,1,4-9,13H2,(H,22,24);2*1-2H3. The number of morpholine rings is 1. The first-order valence-corrected chi connectivity index (χ1v) is 12.3. The lowest BCUT2D eigenvalue weighted by Gasteiger charge is -2.26. The Kier molecular flexibility index (Phi) is 14.1. The number of nitrogens with one attached hydrogen (secondary N) is 1. The molecular weight excluding hydrogens is 439 g/mol. The van der Waals surface area contributed by atoms with Gasteiger partial charge in [-0.1, -0.05) is 50.9 Å². The van der Waals surface area contributed by atoms with Gasteiger partial charge in [0.05, 0.1) is 19.6 Å². The number of hydrogen-bond donors (Lipinski definition) is 1. The van der Waals surface area contributed by atoms with E-state index in [1.54, 1.807) is 17.4 Å². The molecule has 1 fully saturated rings. The summed E-state index contributed by atoms with van der Waals surface area (Å²) >= 11 is 13.7. The molecule has 0 unspecified atom stereocenters. The quantitative estimate of drug-likeness (QED) is 0.490. The van der Waals surface area contributed by atoms with E-state index in [-0.39, 0.29) is 5.91 Å². The first kappa shape index (κ1) is 26.9. The molecule has 168 valence electrons. The molecule has 0 spiro atoms. The van der Waals surface area contributed by atoms with Gasteiger partial charge in [0.1, 0.15) is 0 Å². The molecule has 0 aliphatic carbocycles. The summed E-state index contributed by atoms with van der Waals surface area (Å²) < 4.78 is 5.33. The van der Waals surface area contributed by atoms with E-state index in [2.05, 4.69) is 10.2 Å². The van der Waals surface area contributed by atoms with Crippen LogP contribution in [0.25, 0.3) is 10.4 Å². The summed E-state index contributed by atoms with van der Waals surface area (Å²) in [4.78, 5) is 16.6. The molecule has 3 rings (SSSR count). The summed E-state index contributed by atoms with van der Waals surface area (Å²) in [6.45, 7) is 13.3. The predicted molar refractivity (Wildman–Crippen MR) is 131 cm³/mol. The van der Waals surface area contributed by atoms with E-state index >= 15 is 0 Å². The molecule has 0 atom stereocenters. The number of halogens is 2. The highest BCUT2D eigenvalue weighted by atomic mass is 35.5. The van der Waals surface area contributed by atoms with E-state index in [4.69, 9.17) is 27.9 Å². The van der Waals surface area contributed by atoms with Gasteiger partial charge in [-0.15, -0.1) is 11.3 Å². The summed E-state index contributed by atoms with van der Waals surface area (Å²) in [5.41, 5.74) is 0.977. The average molecular weight is 474 g/mol. The average Bonchev–Trinajstić information content (AvgIpc) is 3.23. The highest BCUT2D eigenvalue weighted by molar-refractivity contribution is 7.15. The Morgan fingerprint density at radius 3 is 2.33 bits per heavy atom. The number of hydrogen-bond acceptors (Lipinski definition) is 4. The number of amides is 1. The maximum absolute atomic E-state index is 12.1. The Morgan fingerprint density at radius 1 is 1.07 bits per heavy atom. The minimum absolute atomic E-state index is 0.0597. The summed E-state index contributed by atoms with van der Waals surface area (Å²) in [6, 6.07) is 9.48. The van der Waals surface area contributed by atoms with Gasteiger partial charge in [-0.05, 0) is 48.9 Å². The number of nitrogens with zero attached hydrogens (tertiary/aromatic N) is 1. The monoisotopic (exact) mass is 472 g/mol. The zero-order valence-corrected chi connectivity index (χ0v) is 20.8. The summed E-state index contributed by atoms with van der Waals surface area (Å²) in [5, 5.41) is 4.23. The molecule has 4 nitrogen and oxygen atoms in total. The van der Waals surface area contributed by atoms with Crippen LogP contribution in [0, 0.1) is 0 Å². The number of thiophene rings is 1. The van der Waals surface area contributed by atoms with Crippen LogP contribution >= 0.6 is 34.5 Å². The zero-order chi connectivity index (χ0) is 22.4. The first-order chi connectivity index (χ1) is 14.6. The first-order valence-electron chi connectivity index (χ1n) is 10.7. The van der Waals surface area contributed by atoms with Crippen molar-refractivity contribution in [2.75, 3.05) is 39.4 Å². The van der Waals surface area contributed by atoms with Crippen molar-refractivity contribution in [2.24, 2.45) is 0 Å². The molecule has 0 radical (unpaired) electrons. The minimum Gasteiger partial charge on any atom is -0.379 e. The van der Waals surface area contributed by atoms with Gasteiger partial charge >= 0.3 is 0 Å². The van der Waals surface area contributed by atoms with Crippen LogP contribution in [-0.4, -0.2) is 50.2 Å². The van der Waals surface area contributed by atoms with Crippen molar-refractivity contribution in [3.05, 3.63) is 45.3 Å². The second-order valence-electron chi connectivity index (χ2n) is 6.26. The van der Waals surface area contributed by atoms with Crippen molar-refractivity contribution in [1.82, 2.24) is 10.2 Å². The predicted octanol–water partition coefficient (Wildman–Crippen LogP) is 6.16. The van der Waals surface area contributed by atoms with Gasteiger partial charge in [-0.2, -0.15) is 0 Å². The molecule has 1 amide bonds. The van der Waals surface area contributed by atoms with E-state index in [9.17, 15) is 4.79 Å². The summed E-state index contributed by atoms with van der Waals surface area (Å²) in [5.74, 6) is 0.0597. The third-order valence-corrected chi connectivity index (χ3v) is 5.79. The Hall–Kier alpha value is -1.11. The lowest BCUT2D eigenvalue weighted by Crippen LogP contribution is -2.38. The maximum atomic E-state index is 12.1. The van der Waals surface area contributed by atoms with E-state index in [1.165, 1.54) is 0 Å². The second-order valence-corrected chi connectivity index (χ2v) is 8.30. The van der Waals surface area contributed by atoms with Gasteiger partial charge in [-0.25, -0.2) is 0 Å². The van der Waals surface area contributed by atoms with Crippen LogP contribution in [0.2, 0.25) is 10.0 Å². The minimum atomic E-state index is 0.0597. The smallest absolute Gasteiger partial charge is 0.225 e. The van der Waals surface area contributed by atoms with Crippen LogP contribution in [0.3, 0.4) is 0 Å². The second kappa shape index (κ2) is 15.7. The van der Waals surface area contributed by atoms with Crippen LogP contribution < -0.4 is 5.32 Å². The third-order valence-electron chi connectivity index (χ3n) is 4.22. The van der Waals surface area contributed by atoms with Crippen LogP contribution in [0.1, 0.15) is 39.0 Å². The Morgan fingerprint density at radius 2 is 1.70 bits per heavy atom. The molecule has 0 saturated carbocycles. The number of ether oxygens (including phenoxy) is 1. The van der Waals surface area contributed by atoms with Crippen molar-refractivity contribution in [3.8, 4) is 10.4 Å². The summed E-state index contributed by atoms with van der Waals surface area (Å²) in [7, 11) is 0. The van der Waals surface area contributed by atoms with E-state index in [1.807, 2.05) is 52.0 Å². The largest absolute Gasteiger partial charge is 0.379 e. The fraction of sp³-hybridized carbons (Fsp3) is 0.522. The van der Waals surface area contributed by atoms with Crippen LogP contribution in [-0.2, 0) is 16.0 Å². The molecule has 7 heteroatoms. The van der Waals surface area contributed by atoms with Crippen molar-refractivity contribution in [3.63, 3.8) is 0 Å². The molecule has 1 aromatic carbocycles. The van der Waals surface area contributed by atoms with Crippen LogP contribution in [0.5, 0.6) is 0 Å². The summed E-state index contributed by atoms with van der Waals surface area (Å²) in [6.07, 6.45) is 1.36. The lowest BCUT2D eigenvalue weighted by atomic mass is 10.2. The number of carbonyl (C=O) groups is 1. The van der Waals surface area contributed by atoms with E-state index < -0.39 is 0 Å². The van der Waals surface area contributed by atoms with Crippen molar-refractivity contribution < 1.29 is 9.53 Å². The Labute approximate surface area is 195 Å². The molecule has 1 N–H and O–H groups in total. The molecule has 30 heavy (non-hydrogen) atoms. The van der Waals surface area contributed by atoms with Crippen molar-refractivity contribution in [2.45, 2.75) is 40.5 Å².